The Morgan fingerprint density at radius 3 is 2.71 bits per heavy atom. The van der Waals surface area contributed by atoms with Crippen LogP contribution in [-0.2, 0) is 4.84 Å². The van der Waals surface area contributed by atoms with Crippen molar-refractivity contribution < 1.29 is 22.8 Å². The average Bonchev–Trinajstić information content (AvgIpc) is 2.45. The van der Waals surface area contributed by atoms with Crippen LogP contribution in [0.5, 0.6) is 0 Å². The molecule has 1 amide bonds. The number of aromatic nitrogens is 3. The summed E-state index contributed by atoms with van der Waals surface area (Å²) in [5.41, 5.74) is 2.45. The van der Waals surface area contributed by atoms with Crippen molar-refractivity contribution in [1.82, 2.24) is 20.4 Å². The number of carbonyl (C=O) groups is 1. The summed E-state index contributed by atoms with van der Waals surface area (Å²) in [7, 11) is 0. The van der Waals surface area contributed by atoms with Gasteiger partial charge in [0, 0.05) is 18.0 Å². The number of pyridine rings is 1. The number of nitrogens with one attached hydrogen (secondary N) is 2. The van der Waals surface area contributed by atoms with Gasteiger partial charge < -0.3 is 5.32 Å². The third kappa shape index (κ3) is 5.16. The molecule has 0 aliphatic heterocycles. The predicted molar refractivity (Wildman–Crippen MR) is 78.5 cm³/mol. The maximum atomic E-state index is 12.0. The van der Waals surface area contributed by atoms with E-state index >= 15 is 0 Å². The first-order chi connectivity index (χ1) is 11.2. The molecule has 2 aromatic heterocycles. The van der Waals surface area contributed by atoms with Crippen LogP contribution in [-0.4, -0.2) is 33.6 Å². The molecule has 0 aromatic carbocycles. The Kier molecular flexibility index (Phi) is 5.29. The van der Waals surface area contributed by atoms with Crippen LogP contribution in [0, 0.1) is 13.8 Å². The first-order valence-electron chi connectivity index (χ1n) is 6.78. The van der Waals surface area contributed by atoms with Crippen molar-refractivity contribution in [3.63, 3.8) is 0 Å². The van der Waals surface area contributed by atoms with E-state index in [1.807, 2.05) is 0 Å². The molecule has 24 heavy (non-hydrogen) atoms. The van der Waals surface area contributed by atoms with Crippen molar-refractivity contribution in [2.75, 3.05) is 11.9 Å². The van der Waals surface area contributed by atoms with Gasteiger partial charge in [-0.15, -0.1) is 0 Å². The average molecular weight is 341 g/mol. The van der Waals surface area contributed by atoms with Crippen molar-refractivity contribution in [2.45, 2.75) is 20.0 Å². The number of rotatable bonds is 5. The molecule has 10 heteroatoms. The number of hydroxylamine groups is 1. The van der Waals surface area contributed by atoms with Gasteiger partial charge in [-0.25, -0.2) is 20.4 Å². The third-order valence-corrected chi connectivity index (χ3v) is 2.67. The third-order valence-electron chi connectivity index (χ3n) is 2.67. The zero-order valence-corrected chi connectivity index (χ0v) is 12.8. The highest BCUT2D eigenvalue weighted by atomic mass is 19.4. The van der Waals surface area contributed by atoms with E-state index in [4.69, 9.17) is 0 Å². The molecule has 2 aromatic rings. The quantitative estimate of drug-likeness (QED) is 0.812. The summed E-state index contributed by atoms with van der Waals surface area (Å²) < 4.78 is 36.1. The topological polar surface area (TPSA) is 89.0 Å². The fourth-order valence-corrected chi connectivity index (χ4v) is 1.83. The van der Waals surface area contributed by atoms with E-state index in [1.165, 1.54) is 18.3 Å². The van der Waals surface area contributed by atoms with Crippen molar-refractivity contribution >= 4 is 17.5 Å². The maximum absolute atomic E-state index is 12.0. The Morgan fingerprint density at radius 1 is 1.29 bits per heavy atom. The van der Waals surface area contributed by atoms with E-state index in [0.29, 0.717) is 17.3 Å². The molecule has 2 heterocycles. The molecule has 2 rings (SSSR count). The minimum absolute atomic E-state index is 0.00796. The monoisotopic (exact) mass is 341 g/mol. The van der Waals surface area contributed by atoms with Crippen molar-refractivity contribution in [3.8, 4) is 0 Å². The van der Waals surface area contributed by atoms with Gasteiger partial charge in [-0.1, -0.05) is 0 Å². The van der Waals surface area contributed by atoms with Gasteiger partial charge in [0.05, 0.1) is 5.56 Å². The number of aryl methyl sites for hydroxylation is 2. The number of nitrogens with zero attached hydrogens (tertiary/aromatic N) is 3. The van der Waals surface area contributed by atoms with Crippen LogP contribution < -0.4 is 10.8 Å². The number of carbonyl (C=O) groups excluding carboxylic acids is 1. The second-order valence-corrected chi connectivity index (χ2v) is 4.80. The Morgan fingerprint density at radius 2 is 2.04 bits per heavy atom. The number of amides is 1. The molecule has 7 nitrogen and oxygen atoms in total. The summed E-state index contributed by atoms with van der Waals surface area (Å²) in [6.45, 7) is 1.89. The number of anilines is 2. The van der Waals surface area contributed by atoms with Crippen molar-refractivity contribution in [3.05, 3.63) is 41.5 Å². The lowest BCUT2D eigenvalue weighted by molar-refractivity contribution is -0.184. The van der Waals surface area contributed by atoms with Gasteiger partial charge in [-0.3, -0.25) is 9.63 Å². The van der Waals surface area contributed by atoms with Crippen LogP contribution in [0.1, 0.15) is 21.9 Å². The molecular formula is C14H14F3N5O2. The van der Waals surface area contributed by atoms with Gasteiger partial charge in [-0.05, 0) is 26.0 Å². The van der Waals surface area contributed by atoms with Gasteiger partial charge in [0.15, 0.2) is 6.61 Å². The fraction of sp³-hybridized carbons (Fsp3) is 0.286. The minimum Gasteiger partial charge on any atom is -0.324 e. The molecule has 0 aliphatic carbocycles. The van der Waals surface area contributed by atoms with Crippen LogP contribution in [0.25, 0.3) is 0 Å². The first-order valence-corrected chi connectivity index (χ1v) is 6.78. The lowest BCUT2D eigenvalue weighted by Crippen LogP contribution is -2.30. The smallest absolute Gasteiger partial charge is 0.324 e. The minimum atomic E-state index is -4.54. The Balaban J connectivity index is 2.13. The molecule has 2 N–H and O–H groups in total. The second kappa shape index (κ2) is 7.21. The van der Waals surface area contributed by atoms with E-state index in [0.717, 1.165) is 0 Å². The van der Waals surface area contributed by atoms with E-state index in [9.17, 15) is 18.0 Å². The zero-order valence-electron chi connectivity index (χ0n) is 12.8. The van der Waals surface area contributed by atoms with E-state index in [-0.39, 0.29) is 11.4 Å². The maximum Gasteiger partial charge on any atom is 0.414 e. The number of hydrogen-bond acceptors (Lipinski definition) is 6. The second-order valence-electron chi connectivity index (χ2n) is 4.80. The molecule has 0 fully saturated rings. The van der Waals surface area contributed by atoms with Gasteiger partial charge in [-0.2, -0.15) is 13.2 Å². The fourth-order valence-electron chi connectivity index (χ4n) is 1.83. The molecule has 0 spiro atoms. The summed E-state index contributed by atoms with van der Waals surface area (Å²) in [6, 6.07) is 4.51. The highest BCUT2D eigenvalue weighted by Crippen LogP contribution is 2.18. The van der Waals surface area contributed by atoms with Crippen LogP contribution in [0.3, 0.4) is 0 Å². The number of hydrogen-bond donors (Lipinski definition) is 2. The molecule has 0 atom stereocenters. The largest absolute Gasteiger partial charge is 0.414 e. The van der Waals surface area contributed by atoms with Crippen LogP contribution >= 0.6 is 0 Å². The van der Waals surface area contributed by atoms with Gasteiger partial charge >= 0.3 is 6.18 Å². The lowest BCUT2D eigenvalue weighted by atomic mass is 10.2. The molecule has 0 aliphatic rings. The molecule has 0 unspecified atom stereocenters. The Bertz CT molecular complexity index is 716. The Labute approximate surface area is 135 Å². The predicted octanol–water partition coefficient (Wildman–Crippen LogP) is 2.46. The van der Waals surface area contributed by atoms with Crippen LogP contribution in [0.15, 0.2) is 24.4 Å². The first kappa shape index (κ1) is 17.6. The van der Waals surface area contributed by atoms with E-state index in [2.05, 4.69) is 25.1 Å². The summed E-state index contributed by atoms with van der Waals surface area (Å²) in [6.07, 6.45) is -3.12. The van der Waals surface area contributed by atoms with Gasteiger partial charge in [0.2, 0.25) is 0 Å². The molecule has 0 saturated carbocycles. The summed E-state index contributed by atoms with van der Waals surface area (Å²) in [5.74, 6) is 0.192. The highest BCUT2D eigenvalue weighted by molar-refractivity contribution is 5.98. The highest BCUT2D eigenvalue weighted by Gasteiger charge is 2.28. The number of halogens is 3. The standard InChI is InChI=1S/C14H14F3N5O2/c1-8-6-11(20-9(2)19-8)21-12-10(4-3-5-18-12)13(23)22-24-7-14(15,16)17/h3-6H,7H2,1-2H3,(H,22,23)(H,18,19,20,21). The molecular weight excluding hydrogens is 327 g/mol. The normalized spacial score (nSPS) is 11.2. The van der Waals surface area contributed by atoms with E-state index in [1.54, 1.807) is 25.4 Å². The lowest BCUT2D eigenvalue weighted by Gasteiger charge is -2.12. The van der Waals surface area contributed by atoms with Gasteiger partial charge in [0.25, 0.3) is 5.91 Å². The molecule has 0 saturated heterocycles. The summed E-state index contributed by atoms with van der Waals surface area (Å²) in [4.78, 5) is 28.4. The van der Waals surface area contributed by atoms with Crippen molar-refractivity contribution in [1.29, 1.82) is 0 Å². The van der Waals surface area contributed by atoms with Crippen LogP contribution in [0.2, 0.25) is 0 Å². The van der Waals surface area contributed by atoms with Gasteiger partial charge in [0.1, 0.15) is 17.5 Å². The summed E-state index contributed by atoms with van der Waals surface area (Å²) in [5, 5.41) is 2.84. The van der Waals surface area contributed by atoms with Crippen LogP contribution in [0.4, 0.5) is 24.8 Å². The summed E-state index contributed by atoms with van der Waals surface area (Å²) >= 11 is 0. The zero-order chi connectivity index (χ0) is 17.7. The Hall–Kier alpha value is -2.75. The SMILES string of the molecule is Cc1cc(Nc2ncccc2C(=O)NOCC(F)(F)F)nc(C)n1. The molecule has 0 radical (unpaired) electrons. The number of alkyl halides is 3. The molecule has 128 valence electrons. The van der Waals surface area contributed by atoms with E-state index < -0.39 is 18.7 Å². The van der Waals surface area contributed by atoms with Crippen molar-refractivity contribution in [2.24, 2.45) is 0 Å². The molecule has 0 bridgehead atoms.